The normalized spacial score (nSPS) is 12.0. The van der Waals surface area contributed by atoms with E-state index in [-0.39, 0.29) is 11.3 Å². The van der Waals surface area contributed by atoms with Gasteiger partial charge in [0.25, 0.3) is 0 Å². The first-order valence-electron chi connectivity index (χ1n) is 6.38. The number of hydrogen-bond donors (Lipinski definition) is 1. The van der Waals surface area contributed by atoms with E-state index in [2.05, 4.69) is 4.98 Å². The molecule has 1 aromatic heterocycles. The lowest BCUT2D eigenvalue weighted by Gasteiger charge is -2.28. The number of methoxy groups -OCH3 is 1. The van der Waals surface area contributed by atoms with Crippen LogP contribution in [-0.2, 0) is 15.1 Å². The summed E-state index contributed by atoms with van der Waals surface area (Å²) in [6, 6.07) is 4.73. The van der Waals surface area contributed by atoms with Crippen LogP contribution in [0.3, 0.4) is 0 Å². The third-order valence-electron chi connectivity index (χ3n) is 3.03. The Morgan fingerprint density at radius 1 is 1.52 bits per heavy atom. The van der Waals surface area contributed by atoms with Gasteiger partial charge in [0.1, 0.15) is 5.52 Å². The maximum atomic E-state index is 13.9. The molecule has 5 nitrogen and oxygen atoms in total. The molecular weight excluding hydrogens is 295 g/mol. The number of hydrogen-bond acceptors (Lipinski definition) is 4. The fourth-order valence-corrected chi connectivity index (χ4v) is 3.15. The number of rotatable bonds is 6. The summed E-state index contributed by atoms with van der Waals surface area (Å²) in [5.74, 6) is -1.49. The van der Waals surface area contributed by atoms with Crippen LogP contribution in [-0.4, -0.2) is 40.1 Å². The van der Waals surface area contributed by atoms with Crippen molar-refractivity contribution < 1.29 is 19.0 Å². The molecule has 0 aliphatic rings. The first-order chi connectivity index (χ1) is 9.86. The maximum Gasteiger partial charge on any atom is 0.313 e. The van der Waals surface area contributed by atoms with Gasteiger partial charge in [-0.1, -0.05) is 17.8 Å². The van der Waals surface area contributed by atoms with Gasteiger partial charge in [0.15, 0.2) is 11.0 Å². The summed E-state index contributed by atoms with van der Waals surface area (Å²) in [4.78, 5) is 15.0. The van der Waals surface area contributed by atoms with Gasteiger partial charge in [-0.3, -0.25) is 4.79 Å². The van der Waals surface area contributed by atoms with Crippen LogP contribution in [0.2, 0.25) is 0 Å². The summed E-state index contributed by atoms with van der Waals surface area (Å²) in [7, 11) is 1.59. The lowest BCUT2D eigenvalue weighted by Crippen LogP contribution is -2.32. The lowest BCUT2D eigenvalue weighted by molar-refractivity contribution is -0.133. The predicted octanol–water partition coefficient (Wildman–Crippen LogP) is 2.73. The number of aliphatic carboxylic acids is 1. The van der Waals surface area contributed by atoms with E-state index < -0.39 is 17.3 Å². The quantitative estimate of drug-likeness (QED) is 0.831. The SMILES string of the molecule is COCC(C)(C)n1c(SCC(=O)O)nc2c(F)cccc21. The van der Waals surface area contributed by atoms with Crippen LogP contribution >= 0.6 is 11.8 Å². The highest BCUT2D eigenvalue weighted by atomic mass is 32.2. The summed E-state index contributed by atoms with van der Waals surface area (Å²) in [6.45, 7) is 4.27. The fraction of sp³-hybridized carbons (Fsp3) is 0.429. The van der Waals surface area contributed by atoms with Crippen LogP contribution in [0.25, 0.3) is 11.0 Å². The van der Waals surface area contributed by atoms with E-state index in [4.69, 9.17) is 9.84 Å². The number of aromatic nitrogens is 2. The zero-order valence-corrected chi connectivity index (χ0v) is 12.9. The predicted molar refractivity (Wildman–Crippen MR) is 79.2 cm³/mol. The Balaban J connectivity index is 2.60. The molecule has 0 fully saturated rings. The molecule has 0 spiro atoms. The summed E-state index contributed by atoms with van der Waals surface area (Å²) in [5, 5.41) is 9.32. The number of para-hydroxylation sites is 1. The number of carboxylic acid groups (broad SMARTS) is 1. The smallest absolute Gasteiger partial charge is 0.313 e. The van der Waals surface area contributed by atoms with Crippen LogP contribution < -0.4 is 0 Å². The molecule has 1 aromatic carbocycles. The third-order valence-corrected chi connectivity index (χ3v) is 3.96. The highest BCUT2D eigenvalue weighted by molar-refractivity contribution is 7.99. The monoisotopic (exact) mass is 312 g/mol. The van der Waals surface area contributed by atoms with Crippen molar-refractivity contribution in [3.63, 3.8) is 0 Å². The van der Waals surface area contributed by atoms with Crippen molar-refractivity contribution in [2.45, 2.75) is 24.5 Å². The van der Waals surface area contributed by atoms with Gasteiger partial charge < -0.3 is 14.4 Å². The van der Waals surface area contributed by atoms with E-state index in [0.29, 0.717) is 17.3 Å². The molecule has 0 amide bonds. The van der Waals surface area contributed by atoms with E-state index >= 15 is 0 Å². The Labute approximate surface area is 126 Å². The lowest BCUT2D eigenvalue weighted by atomic mass is 10.1. The van der Waals surface area contributed by atoms with E-state index in [9.17, 15) is 9.18 Å². The topological polar surface area (TPSA) is 64.3 Å². The minimum Gasteiger partial charge on any atom is -0.481 e. The first-order valence-corrected chi connectivity index (χ1v) is 7.36. The molecule has 21 heavy (non-hydrogen) atoms. The van der Waals surface area contributed by atoms with Crippen molar-refractivity contribution in [2.24, 2.45) is 0 Å². The number of thioether (sulfide) groups is 1. The molecule has 0 aliphatic heterocycles. The van der Waals surface area contributed by atoms with Crippen molar-refractivity contribution in [3.8, 4) is 0 Å². The Bertz CT molecular complexity index is 670. The minimum atomic E-state index is -0.941. The molecule has 0 saturated heterocycles. The van der Waals surface area contributed by atoms with Crippen molar-refractivity contribution in [3.05, 3.63) is 24.0 Å². The van der Waals surface area contributed by atoms with Gasteiger partial charge in [-0.25, -0.2) is 9.37 Å². The zero-order chi connectivity index (χ0) is 15.6. The van der Waals surface area contributed by atoms with E-state index in [0.717, 1.165) is 11.8 Å². The minimum absolute atomic E-state index is 0.131. The molecule has 1 heterocycles. The standard InChI is InChI=1S/C14H17FN2O3S/c1-14(2,8-20-3)17-10-6-4-5-9(15)12(10)16-13(17)21-7-11(18)19/h4-6H,7-8H2,1-3H3,(H,18,19). The van der Waals surface area contributed by atoms with Crippen LogP contribution in [0.5, 0.6) is 0 Å². The molecule has 1 N–H and O–H groups in total. The number of halogens is 1. The third kappa shape index (κ3) is 3.19. The number of carbonyl (C=O) groups is 1. The Kier molecular flexibility index (Phi) is 4.53. The summed E-state index contributed by atoms with van der Waals surface area (Å²) >= 11 is 1.07. The molecular formula is C14H17FN2O3S. The average molecular weight is 312 g/mol. The highest BCUT2D eigenvalue weighted by Gasteiger charge is 2.27. The molecule has 0 unspecified atom stereocenters. The number of imidazole rings is 1. The first kappa shape index (κ1) is 15.8. The Morgan fingerprint density at radius 3 is 2.86 bits per heavy atom. The highest BCUT2D eigenvalue weighted by Crippen LogP contribution is 2.32. The second-order valence-corrected chi connectivity index (χ2v) is 6.21. The molecule has 0 saturated carbocycles. The molecule has 0 radical (unpaired) electrons. The molecule has 7 heteroatoms. The van der Waals surface area contributed by atoms with E-state index in [1.165, 1.54) is 6.07 Å². The van der Waals surface area contributed by atoms with Crippen LogP contribution in [0.15, 0.2) is 23.4 Å². The van der Waals surface area contributed by atoms with Crippen LogP contribution in [0, 0.1) is 5.82 Å². The van der Waals surface area contributed by atoms with Crippen LogP contribution in [0.1, 0.15) is 13.8 Å². The van der Waals surface area contributed by atoms with E-state index in [1.54, 1.807) is 19.2 Å². The van der Waals surface area contributed by atoms with Crippen molar-refractivity contribution in [1.29, 1.82) is 0 Å². The van der Waals surface area contributed by atoms with Crippen molar-refractivity contribution in [2.75, 3.05) is 19.5 Å². The largest absolute Gasteiger partial charge is 0.481 e. The molecule has 114 valence electrons. The van der Waals surface area contributed by atoms with Gasteiger partial charge in [-0.15, -0.1) is 0 Å². The number of nitrogens with zero attached hydrogens (tertiary/aromatic N) is 2. The second kappa shape index (κ2) is 6.03. The van der Waals surface area contributed by atoms with Gasteiger partial charge in [-0.05, 0) is 26.0 Å². The molecule has 0 bridgehead atoms. The van der Waals surface area contributed by atoms with Gasteiger partial charge in [-0.2, -0.15) is 0 Å². The summed E-state index contributed by atoms with van der Waals surface area (Å²) < 4.78 is 21.0. The van der Waals surface area contributed by atoms with Gasteiger partial charge >= 0.3 is 5.97 Å². The Morgan fingerprint density at radius 2 is 2.24 bits per heavy atom. The van der Waals surface area contributed by atoms with Crippen molar-refractivity contribution in [1.82, 2.24) is 9.55 Å². The average Bonchev–Trinajstić information content (AvgIpc) is 2.77. The molecule has 2 rings (SSSR count). The van der Waals surface area contributed by atoms with Gasteiger partial charge in [0.05, 0.1) is 23.4 Å². The number of carboxylic acids is 1. The van der Waals surface area contributed by atoms with Crippen LogP contribution in [0.4, 0.5) is 4.39 Å². The zero-order valence-electron chi connectivity index (χ0n) is 12.1. The van der Waals surface area contributed by atoms with Gasteiger partial charge in [0.2, 0.25) is 0 Å². The number of benzene rings is 1. The molecule has 0 atom stereocenters. The van der Waals surface area contributed by atoms with Gasteiger partial charge in [0, 0.05) is 7.11 Å². The Hall–Kier alpha value is -1.60. The fourth-order valence-electron chi connectivity index (χ4n) is 2.27. The summed E-state index contributed by atoms with van der Waals surface area (Å²) in [5.41, 5.74) is 0.400. The number of fused-ring (bicyclic) bond motifs is 1. The number of ether oxygens (including phenoxy) is 1. The molecule has 2 aromatic rings. The summed E-state index contributed by atoms with van der Waals surface area (Å²) in [6.07, 6.45) is 0. The van der Waals surface area contributed by atoms with Crippen molar-refractivity contribution >= 4 is 28.8 Å². The van der Waals surface area contributed by atoms with E-state index in [1.807, 2.05) is 18.4 Å². The second-order valence-electron chi connectivity index (χ2n) is 5.27. The maximum absolute atomic E-state index is 13.9. The molecule has 0 aliphatic carbocycles.